The van der Waals surface area contributed by atoms with Gasteiger partial charge >= 0.3 is 0 Å². The van der Waals surface area contributed by atoms with E-state index in [0.717, 1.165) is 47.0 Å². The predicted octanol–water partition coefficient (Wildman–Crippen LogP) is 4.92. The van der Waals surface area contributed by atoms with Crippen LogP contribution in [0.15, 0.2) is 77.8 Å². The topological polar surface area (TPSA) is 29.4 Å². The van der Waals surface area contributed by atoms with Gasteiger partial charge in [-0.1, -0.05) is 72.8 Å². The van der Waals surface area contributed by atoms with Crippen LogP contribution in [0.3, 0.4) is 0 Å². The molecule has 1 atom stereocenters. The SMILES string of the molecule is O=C(c1cccc2ccccc12)C1CCN=C(c2ccccc2)C1. The van der Waals surface area contributed by atoms with E-state index in [4.69, 9.17) is 0 Å². The van der Waals surface area contributed by atoms with Crippen molar-refractivity contribution in [1.29, 1.82) is 0 Å². The fourth-order valence-corrected chi connectivity index (χ4v) is 3.48. The summed E-state index contributed by atoms with van der Waals surface area (Å²) in [4.78, 5) is 17.8. The number of benzene rings is 3. The number of hydrogen-bond acceptors (Lipinski definition) is 2. The average Bonchev–Trinajstić information content (AvgIpc) is 2.68. The van der Waals surface area contributed by atoms with Crippen molar-refractivity contribution in [3.8, 4) is 0 Å². The van der Waals surface area contributed by atoms with Gasteiger partial charge < -0.3 is 0 Å². The van der Waals surface area contributed by atoms with Gasteiger partial charge in [0.05, 0.1) is 0 Å². The molecule has 0 saturated heterocycles. The Labute approximate surface area is 141 Å². The molecule has 3 aromatic rings. The first-order valence-electron chi connectivity index (χ1n) is 8.43. The second kappa shape index (κ2) is 6.40. The zero-order valence-electron chi connectivity index (χ0n) is 13.5. The van der Waals surface area contributed by atoms with Crippen LogP contribution in [0.2, 0.25) is 0 Å². The third-order valence-corrected chi connectivity index (χ3v) is 4.75. The first kappa shape index (κ1) is 14.8. The first-order chi connectivity index (χ1) is 11.8. The number of Topliss-reactive ketones (excluding diaryl/α,β-unsaturated/α-hetero) is 1. The van der Waals surface area contributed by atoms with Crippen LogP contribution in [0.25, 0.3) is 10.8 Å². The molecule has 0 fully saturated rings. The van der Waals surface area contributed by atoms with Crippen molar-refractivity contribution in [3.63, 3.8) is 0 Å². The summed E-state index contributed by atoms with van der Waals surface area (Å²) in [6.45, 7) is 0.728. The van der Waals surface area contributed by atoms with Crippen molar-refractivity contribution in [2.45, 2.75) is 12.8 Å². The smallest absolute Gasteiger partial charge is 0.167 e. The minimum Gasteiger partial charge on any atom is -0.294 e. The van der Waals surface area contributed by atoms with Gasteiger partial charge in [-0.05, 0) is 29.2 Å². The molecule has 4 rings (SSSR count). The Morgan fingerprint density at radius 2 is 1.62 bits per heavy atom. The molecule has 1 aliphatic heterocycles. The number of fused-ring (bicyclic) bond motifs is 1. The van der Waals surface area contributed by atoms with Crippen molar-refractivity contribution in [2.75, 3.05) is 6.54 Å². The van der Waals surface area contributed by atoms with E-state index in [-0.39, 0.29) is 11.7 Å². The molecular formula is C22H19NO. The van der Waals surface area contributed by atoms with E-state index in [0.29, 0.717) is 0 Å². The van der Waals surface area contributed by atoms with Gasteiger partial charge in [-0.2, -0.15) is 0 Å². The maximum atomic E-state index is 13.1. The van der Waals surface area contributed by atoms with Crippen molar-refractivity contribution < 1.29 is 4.79 Å². The van der Waals surface area contributed by atoms with Crippen molar-refractivity contribution in [3.05, 3.63) is 83.9 Å². The van der Waals surface area contributed by atoms with Crippen LogP contribution in [0, 0.1) is 5.92 Å². The molecule has 2 heteroatoms. The number of rotatable bonds is 3. The average molecular weight is 313 g/mol. The summed E-state index contributed by atoms with van der Waals surface area (Å²) in [7, 11) is 0. The summed E-state index contributed by atoms with van der Waals surface area (Å²) in [5.74, 6) is 0.263. The highest BCUT2D eigenvalue weighted by atomic mass is 16.1. The van der Waals surface area contributed by atoms with Crippen LogP contribution in [-0.4, -0.2) is 18.0 Å². The molecule has 0 saturated carbocycles. The molecule has 0 aliphatic carbocycles. The number of ketones is 1. The van der Waals surface area contributed by atoms with Gasteiger partial charge in [-0.15, -0.1) is 0 Å². The first-order valence-corrected chi connectivity index (χ1v) is 8.43. The molecule has 118 valence electrons. The Balaban J connectivity index is 1.64. The lowest BCUT2D eigenvalue weighted by molar-refractivity contribution is 0.0918. The van der Waals surface area contributed by atoms with E-state index in [1.54, 1.807) is 0 Å². The summed E-state index contributed by atoms with van der Waals surface area (Å²) < 4.78 is 0. The fourth-order valence-electron chi connectivity index (χ4n) is 3.48. The van der Waals surface area contributed by atoms with Crippen molar-refractivity contribution in [1.82, 2.24) is 0 Å². The molecule has 0 spiro atoms. The molecule has 0 bridgehead atoms. The zero-order chi connectivity index (χ0) is 16.4. The van der Waals surface area contributed by atoms with E-state index in [1.807, 2.05) is 48.5 Å². The maximum Gasteiger partial charge on any atom is 0.167 e. The lowest BCUT2D eigenvalue weighted by Gasteiger charge is -2.22. The molecule has 1 heterocycles. The van der Waals surface area contributed by atoms with Gasteiger partial charge in [-0.3, -0.25) is 9.79 Å². The summed E-state index contributed by atoms with van der Waals surface area (Å²) >= 11 is 0. The molecule has 1 aliphatic rings. The van der Waals surface area contributed by atoms with Gasteiger partial charge in [-0.25, -0.2) is 0 Å². The summed E-state index contributed by atoms with van der Waals surface area (Å²) in [5, 5.41) is 2.17. The van der Waals surface area contributed by atoms with Crippen LogP contribution in [0.4, 0.5) is 0 Å². The minimum absolute atomic E-state index is 0.0171. The van der Waals surface area contributed by atoms with Crippen LogP contribution in [-0.2, 0) is 0 Å². The monoisotopic (exact) mass is 313 g/mol. The number of carbonyl (C=O) groups is 1. The Kier molecular flexibility index (Phi) is 3.96. The van der Waals surface area contributed by atoms with E-state index < -0.39 is 0 Å². The number of carbonyl (C=O) groups excluding carboxylic acids is 1. The summed E-state index contributed by atoms with van der Waals surface area (Å²) in [6, 6.07) is 24.3. The van der Waals surface area contributed by atoms with Gasteiger partial charge in [0.1, 0.15) is 0 Å². The standard InChI is InChI=1S/C22H19NO/c24-22(20-12-6-10-16-7-4-5-11-19(16)20)18-13-14-23-21(15-18)17-8-2-1-3-9-17/h1-12,18H,13-15H2. The van der Waals surface area contributed by atoms with Crippen LogP contribution < -0.4 is 0 Å². The highest BCUT2D eigenvalue weighted by Gasteiger charge is 2.26. The Morgan fingerprint density at radius 1 is 0.875 bits per heavy atom. The number of nitrogens with zero attached hydrogens (tertiary/aromatic N) is 1. The second-order valence-electron chi connectivity index (χ2n) is 6.28. The highest BCUT2D eigenvalue weighted by molar-refractivity contribution is 6.11. The van der Waals surface area contributed by atoms with Gasteiger partial charge in [0.25, 0.3) is 0 Å². The molecule has 3 aromatic carbocycles. The fraction of sp³-hybridized carbons (Fsp3) is 0.182. The van der Waals surface area contributed by atoms with Gasteiger partial charge in [0, 0.05) is 23.7 Å². The zero-order valence-corrected chi connectivity index (χ0v) is 13.5. The molecule has 1 unspecified atom stereocenters. The van der Waals surface area contributed by atoms with Crippen molar-refractivity contribution in [2.24, 2.45) is 10.9 Å². The molecule has 2 nitrogen and oxygen atoms in total. The predicted molar refractivity (Wildman–Crippen MR) is 98.8 cm³/mol. The number of aliphatic imine (C=N–C) groups is 1. The van der Waals surface area contributed by atoms with Crippen molar-refractivity contribution >= 4 is 22.3 Å². The minimum atomic E-state index is 0.0171. The summed E-state index contributed by atoms with van der Waals surface area (Å²) in [6.07, 6.45) is 1.56. The molecular weight excluding hydrogens is 294 g/mol. The van der Waals surface area contributed by atoms with Crippen LogP contribution in [0.5, 0.6) is 0 Å². The third kappa shape index (κ3) is 2.76. The Bertz CT molecular complexity index is 906. The maximum absolute atomic E-state index is 13.1. The van der Waals surface area contributed by atoms with Gasteiger partial charge in [0.15, 0.2) is 5.78 Å². The van der Waals surface area contributed by atoms with Crippen LogP contribution in [0.1, 0.15) is 28.8 Å². The van der Waals surface area contributed by atoms with Crippen LogP contribution >= 0.6 is 0 Å². The molecule has 0 amide bonds. The Morgan fingerprint density at radius 3 is 2.50 bits per heavy atom. The lowest BCUT2D eigenvalue weighted by Crippen LogP contribution is -2.24. The third-order valence-electron chi connectivity index (χ3n) is 4.75. The molecule has 0 radical (unpaired) electrons. The normalized spacial score (nSPS) is 17.5. The highest BCUT2D eigenvalue weighted by Crippen LogP contribution is 2.27. The largest absolute Gasteiger partial charge is 0.294 e. The molecule has 24 heavy (non-hydrogen) atoms. The van der Waals surface area contributed by atoms with E-state index in [1.165, 1.54) is 0 Å². The van der Waals surface area contributed by atoms with Gasteiger partial charge in [0.2, 0.25) is 0 Å². The van der Waals surface area contributed by atoms with E-state index in [9.17, 15) is 4.79 Å². The van der Waals surface area contributed by atoms with E-state index in [2.05, 4.69) is 29.3 Å². The quantitative estimate of drug-likeness (QED) is 0.631. The van der Waals surface area contributed by atoms with E-state index >= 15 is 0 Å². The molecule has 0 aromatic heterocycles. The lowest BCUT2D eigenvalue weighted by atomic mass is 9.85. The second-order valence-corrected chi connectivity index (χ2v) is 6.28. The summed E-state index contributed by atoms with van der Waals surface area (Å²) in [5.41, 5.74) is 3.03. The Hall–Kier alpha value is -2.74. The molecule has 0 N–H and O–H groups in total. The number of hydrogen-bond donors (Lipinski definition) is 0.